The Morgan fingerprint density at radius 2 is 2.00 bits per heavy atom. The number of hydrogen-bond donors (Lipinski definition) is 1. The standard InChI is InChI=1S/C15H23BrN2/c1-6-15(5,11-18-14(2,3)4)8-12-7-13(16)10-17-9-12/h6-7,9-10,18H,1,8,11H2,2-5H3. The molecule has 1 atom stereocenters. The van der Waals surface area contributed by atoms with Crippen LogP contribution in [-0.2, 0) is 6.42 Å². The molecular formula is C15H23BrN2. The number of aromatic nitrogens is 1. The molecule has 1 N–H and O–H groups in total. The molecule has 0 saturated heterocycles. The summed E-state index contributed by atoms with van der Waals surface area (Å²) in [5, 5.41) is 3.54. The second-order valence-electron chi connectivity index (χ2n) is 6.15. The molecule has 0 aromatic carbocycles. The molecule has 0 spiro atoms. The highest BCUT2D eigenvalue weighted by Crippen LogP contribution is 2.25. The molecule has 18 heavy (non-hydrogen) atoms. The SMILES string of the molecule is C=CC(C)(CNC(C)(C)C)Cc1cncc(Br)c1. The third-order valence-electron chi connectivity index (χ3n) is 2.88. The Labute approximate surface area is 119 Å². The van der Waals surface area contributed by atoms with E-state index in [1.165, 1.54) is 5.56 Å². The monoisotopic (exact) mass is 310 g/mol. The number of halogens is 1. The van der Waals surface area contributed by atoms with Gasteiger partial charge in [-0.1, -0.05) is 13.0 Å². The molecule has 100 valence electrons. The van der Waals surface area contributed by atoms with Gasteiger partial charge in [-0.3, -0.25) is 4.98 Å². The van der Waals surface area contributed by atoms with Crippen LogP contribution < -0.4 is 5.32 Å². The van der Waals surface area contributed by atoms with Gasteiger partial charge >= 0.3 is 0 Å². The highest BCUT2D eigenvalue weighted by Gasteiger charge is 2.23. The summed E-state index contributed by atoms with van der Waals surface area (Å²) < 4.78 is 1.02. The lowest BCUT2D eigenvalue weighted by Gasteiger charge is -2.31. The van der Waals surface area contributed by atoms with Crippen LogP contribution in [0.5, 0.6) is 0 Å². The predicted molar refractivity (Wildman–Crippen MR) is 81.7 cm³/mol. The summed E-state index contributed by atoms with van der Waals surface area (Å²) in [7, 11) is 0. The lowest BCUT2D eigenvalue weighted by Crippen LogP contribution is -2.43. The zero-order valence-corrected chi connectivity index (χ0v) is 13.3. The topological polar surface area (TPSA) is 24.9 Å². The van der Waals surface area contributed by atoms with E-state index in [0.717, 1.165) is 17.4 Å². The first kappa shape index (κ1) is 15.4. The Bertz CT molecular complexity index is 409. The first-order valence-electron chi connectivity index (χ1n) is 6.22. The minimum atomic E-state index is 0.0375. The molecule has 0 amide bonds. The fourth-order valence-electron chi connectivity index (χ4n) is 1.69. The van der Waals surface area contributed by atoms with Gasteiger partial charge in [-0.15, -0.1) is 6.58 Å². The zero-order valence-electron chi connectivity index (χ0n) is 11.8. The van der Waals surface area contributed by atoms with E-state index in [0.29, 0.717) is 0 Å². The van der Waals surface area contributed by atoms with Crippen LogP contribution in [0.2, 0.25) is 0 Å². The summed E-state index contributed by atoms with van der Waals surface area (Å²) in [6, 6.07) is 2.12. The Hall–Kier alpha value is -0.670. The van der Waals surface area contributed by atoms with Gasteiger partial charge in [-0.25, -0.2) is 0 Å². The molecule has 1 heterocycles. The van der Waals surface area contributed by atoms with Gasteiger partial charge in [0.1, 0.15) is 0 Å². The zero-order chi connectivity index (χ0) is 13.8. The van der Waals surface area contributed by atoms with Gasteiger partial charge in [0.2, 0.25) is 0 Å². The molecule has 0 saturated carbocycles. The molecule has 0 aliphatic rings. The second kappa shape index (κ2) is 5.98. The predicted octanol–water partition coefficient (Wildman–Crippen LogP) is 3.97. The summed E-state index contributed by atoms with van der Waals surface area (Å²) in [5.41, 5.74) is 1.39. The van der Waals surface area contributed by atoms with Gasteiger partial charge < -0.3 is 5.32 Å². The maximum atomic E-state index is 4.21. The highest BCUT2D eigenvalue weighted by atomic mass is 79.9. The normalized spacial score (nSPS) is 15.2. The minimum Gasteiger partial charge on any atom is -0.311 e. The second-order valence-corrected chi connectivity index (χ2v) is 7.07. The van der Waals surface area contributed by atoms with E-state index in [1.807, 2.05) is 18.5 Å². The fourth-order valence-corrected chi connectivity index (χ4v) is 2.11. The highest BCUT2D eigenvalue weighted by molar-refractivity contribution is 9.10. The quantitative estimate of drug-likeness (QED) is 0.832. The Morgan fingerprint density at radius 3 is 2.50 bits per heavy atom. The molecule has 2 nitrogen and oxygen atoms in total. The Kier molecular flexibility index (Phi) is 5.11. The maximum absolute atomic E-state index is 4.21. The van der Waals surface area contributed by atoms with Crippen molar-refractivity contribution >= 4 is 15.9 Å². The van der Waals surface area contributed by atoms with Crippen LogP contribution >= 0.6 is 15.9 Å². The van der Waals surface area contributed by atoms with E-state index in [-0.39, 0.29) is 11.0 Å². The van der Waals surface area contributed by atoms with Crippen molar-refractivity contribution in [1.82, 2.24) is 10.3 Å². The molecule has 3 heteroatoms. The van der Waals surface area contributed by atoms with Crippen LogP contribution in [0.3, 0.4) is 0 Å². The van der Waals surface area contributed by atoms with E-state index in [4.69, 9.17) is 0 Å². The molecule has 1 unspecified atom stereocenters. The summed E-state index contributed by atoms with van der Waals surface area (Å²) in [5.74, 6) is 0. The van der Waals surface area contributed by atoms with Gasteiger partial charge in [0.15, 0.2) is 0 Å². The van der Waals surface area contributed by atoms with E-state index < -0.39 is 0 Å². The lowest BCUT2D eigenvalue weighted by molar-refractivity contribution is 0.322. The number of hydrogen-bond acceptors (Lipinski definition) is 2. The minimum absolute atomic E-state index is 0.0375. The summed E-state index contributed by atoms with van der Waals surface area (Å²) >= 11 is 3.46. The Balaban J connectivity index is 2.73. The number of nitrogens with one attached hydrogen (secondary N) is 1. The van der Waals surface area contributed by atoms with Gasteiger partial charge in [0.25, 0.3) is 0 Å². The van der Waals surface area contributed by atoms with Crippen LogP contribution in [0.25, 0.3) is 0 Å². The third kappa shape index (κ3) is 5.32. The van der Waals surface area contributed by atoms with Crippen molar-refractivity contribution in [3.05, 3.63) is 41.2 Å². The summed E-state index contributed by atoms with van der Waals surface area (Å²) in [6.07, 6.45) is 6.70. The number of rotatable bonds is 5. The molecule has 0 bridgehead atoms. The van der Waals surface area contributed by atoms with Crippen molar-refractivity contribution in [2.24, 2.45) is 5.41 Å². The van der Waals surface area contributed by atoms with E-state index in [2.05, 4.69) is 66.6 Å². The number of nitrogens with zero attached hydrogens (tertiary/aromatic N) is 1. The first-order valence-corrected chi connectivity index (χ1v) is 7.01. The summed E-state index contributed by atoms with van der Waals surface area (Å²) in [6.45, 7) is 13.6. The van der Waals surface area contributed by atoms with Crippen LogP contribution in [-0.4, -0.2) is 17.1 Å². The van der Waals surface area contributed by atoms with Crippen LogP contribution in [0.15, 0.2) is 35.6 Å². The molecule has 1 aromatic rings. The van der Waals surface area contributed by atoms with Crippen molar-refractivity contribution in [1.29, 1.82) is 0 Å². The maximum Gasteiger partial charge on any atom is 0.0410 e. The van der Waals surface area contributed by atoms with E-state index >= 15 is 0 Å². The van der Waals surface area contributed by atoms with E-state index in [1.54, 1.807) is 0 Å². The molecule has 0 fully saturated rings. The van der Waals surface area contributed by atoms with Gasteiger partial charge in [-0.05, 0) is 54.8 Å². The fraction of sp³-hybridized carbons (Fsp3) is 0.533. The summed E-state index contributed by atoms with van der Waals surface area (Å²) in [4.78, 5) is 4.21. The van der Waals surface area contributed by atoms with Crippen molar-refractivity contribution in [3.63, 3.8) is 0 Å². The third-order valence-corrected chi connectivity index (χ3v) is 3.32. The van der Waals surface area contributed by atoms with Crippen LogP contribution in [0.1, 0.15) is 33.3 Å². The molecule has 1 rings (SSSR count). The van der Waals surface area contributed by atoms with Crippen LogP contribution in [0.4, 0.5) is 0 Å². The molecular weight excluding hydrogens is 288 g/mol. The molecule has 0 radical (unpaired) electrons. The van der Waals surface area contributed by atoms with Gasteiger partial charge in [0.05, 0.1) is 0 Å². The molecule has 0 aliphatic heterocycles. The Morgan fingerprint density at radius 1 is 1.33 bits per heavy atom. The van der Waals surface area contributed by atoms with E-state index in [9.17, 15) is 0 Å². The number of pyridine rings is 1. The van der Waals surface area contributed by atoms with Crippen molar-refractivity contribution in [3.8, 4) is 0 Å². The van der Waals surface area contributed by atoms with Gasteiger partial charge in [-0.2, -0.15) is 0 Å². The lowest BCUT2D eigenvalue weighted by atomic mass is 9.83. The average molecular weight is 311 g/mol. The van der Waals surface area contributed by atoms with Crippen molar-refractivity contribution < 1.29 is 0 Å². The smallest absolute Gasteiger partial charge is 0.0410 e. The largest absolute Gasteiger partial charge is 0.311 e. The first-order chi connectivity index (χ1) is 8.24. The molecule has 1 aromatic heterocycles. The van der Waals surface area contributed by atoms with Gasteiger partial charge in [0, 0.05) is 34.4 Å². The molecule has 0 aliphatic carbocycles. The van der Waals surface area contributed by atoms with Crippen molar-refractivity contribution in [2.45, 2.75) is 39.7 Å². The van der Waals surface area contributed by atoms with Crippen LogP contribution in [0, 0.1) is 5.41 Å². The van der Waals surface area contributed by atoms with Crippen molar-refractivity contribution in [2.75, 3.05) is 6.54 Å². The average Bonchev–Trinajstić information content (AvgIpc) is 2.26.